The monoisotopic (exact) mass is 365 g/mol. The number of benzene rings is 3. The highest BCUT2D eigenvalue weighted by Gasteiger charge is 2.32. The fraction of sp³-hybridized carbons (Fsp3) is 0.0400. The van der Waals surface area contributed by atoms with Gasteiger partial charge in [-0.15, -0.1) is 0 Å². The summed E-state index contributed by atoms with van der Waals surface area (Å²) in [6.45, 7) is 0. The van der Waals surface area contributed by atoms with Gasteiger partial charge in [0, 0.05) is 40.6 Å². The van der Waals surface area contributed by atoms with Crippen LogP contribution < -0.4 is 5.32 Å². The average molecular weight is 365 g/mol. The van der Waals surface area contributed by atoms with E-state index in [-0.39, 0.29) is 11.6 Å². The fourth-order valence-electron chi connectivity index (χ4n) is 3.47. The molecule has 0 aliphatic carbocycles. The molecule has 0 spiro atoms. The molecule has 3 aromatic carbocycles. The first-order valence-electron chi connectivity index (χ1n) is 9.16. The number of nitrogens with one attached hydrogen (secondary N) is 1. The Bertz CT molecular complexity index is 984. The van der Waals surface area contributed by atoms with Crippen LogP contribution in [-0.2, 0) is 0 Å². The molecule has 3 nitrogen and oxygen atoms in total. The molecule has 136 valence electrons. The van der Waals surface area contributed by atoms with E-state index in [4.69, 9.17) is 0 Å². The van der Waals surface area contributed by atoms with Crippen molar-refractivity contribution in [1.82, 2.24) is 5.32 Å². The summed E-state index contributed by atoms with van der Waals surface area (Å²) >= 11 is 0. The lowest BCUT2D eigenvalue weighted by atomic mass is 9.78. The van der Waals surface area contributed by atoms with Gasteiger partial charge in [0.15, 0.2) is 11.6 Å². The van der Waals surface area contributed by atoms with Gasteiger partial charge < -0.3 is 5.32 Å². The second-order valence-electron chi connectivity index (χ2n) is 6.60. The zero-order valence-corrected chi connectivity index (χ0v) is 15.2. The van der Waals surface area contributed by atoms with E-state index >= 15 is 0 Å². The zero-order valence-electron chi connectivity index (χ0n) is 15.2. The number of Topliss-reactive ketones (excluding diaryl/α,β-unsaturated/α-hetero) is 2. The minimum atomic E-state index is -0.428. The normalized spacial score (nSPS) is 13.9. The van der Waals surface area contributed by atoms with Crippen LogP contribution in [0.2, 0.25) is 0 Å². The van der Waals surface area contributed by atoms with Crippen LogP contribution in [0.3, 0.4) is 0 Å². The number of hydrogen-bond acceptors (Lipinski definition) is 3. The Labute approximate surface area is 164 Å². The van der Waals surface area contributed by atoms with Crippen LogP contribution in [0.5, 0.6) is 0 Å². The first-order chi connectivity index (χ1) is 13.8. The molecular weight excluding hydrogens is 346 g/mol. The summed E-state index contributed by atoms with van der Waals surface area (Å²) in [6, 6.07) is 28.0. The van der Waals surface area contributed by atoms with Crippen LogP contribution in [0.15, 0.2) is 115 Å². The van der Waals surface area contributed by atoms with E-state index in [0.29, 0.717) is 22.3 Å². The minimum Gasteiger partial charge on any atom is -0.367 e. The van der Waals surface area contributed by atoms with Crippen molar-refractivity contribution in [3.05, 3.63) is 131 Å². The molecule has 0 saturated carbocycles. The molecule has 1 aliphatic rings. The van der Waals surface area contributed by atoms with Gasteiger partial charge in [0.2, 0.25) is 0 Å². The molecule has 1 N–H and O–H groups in total. The molecule has 3 heteroatoms. The van der Waals surface area contributed by atoms with Gasteiger partial charge in [-0.2, -0.15) is 0 Å². The number of rotatable bonds is 5. The Morgan fingerprint density at radius 3 is 1.39 bits per heavy atom. The van der Waals surface area contributed by atoms with Crippen LogP contribution in [0, 0.1) is 0 Å². The van der Waals surface area contributed by atoms with Gasteiger partial charge in [-0.05, 0) is 5.56 Å². The Kier molecular flexibility index (Phi) is 4.98. The van der Waals surface area contributed by atoms with E-state index in [1.54, 1.807) is 36.7 Å². The molecule has 0 fully saturated rings. The summed E-state index contributed by atoms with van der Waals surface area (Å²) in [5.41, 5.74) is 3.23. The molecule has 0 amide bonds. The zero-order chi connectivity index (χ0) is 19.3. The fourth-order valence-corrected chi connectivity index (χ4v) is 3.47. The van der Waals surface area contributed by atoms with Gasteiger partial charge in [0.05, 0.1) is 0 Å². The van der Waals surface area contributed by atoms with Gasteiger partial charge in [0.25, 0.3) is 0 Å². The first-order valence-corrected chi connectivity index (χ1v) is 9.16. The number of allylic oxidation sites excluding steroid dienone is 2. The van der Waals surface area contributed by atoms with Gasteiger partial charge in [-0.25, -0.2) is 0 Å². The van der Waals surface area contributed by atoms with Crippen molar-refractivity contribution < 1.29 is 9.59 Å². The number of dihydropyridines is 1. The number of hydrogen-bond donors (Lipinski definition) is 1. The van der Waals surface area contributed by atoms with E-state index in [2.05, 4.69) is 5.32 Å². The molecule has 4 rings (SSSR count). The lowest BCUT2D eigenvalue weighted by Gasteiger charge is -2.26. The third-order valence-electron chi connectivity index (χ3n) is 4.83. The van der Waals surface area contributed by atoms with E-state index < -0.39 is 5.92 Å². The highest BCUT2D eigenvalue weighted by Crippen LogP contribution is 2.36. The molecule has 0 unspecified atom stereocenters. The van der Waals surface area contributed by atoms with Crippen molar-refractivity contribution in [2.45, 2.75) is 5.92 Å². The van der Waals surface area contributed by atoms with Gasteiger partial charge in [-0.1, -0.05) is 91.0 Å². The van der Waals surface area contributed by atoms with Gasteiger partial charge in [0.1, 0.15) is 0 Å². The Morgan fingerprint density at radius 2 is 0.964 bits per heavy atom. The molecule has 1 heterocycles. The smallest absolute Gasteiger partial charge is 0.191 e. The molecule has 0 radical (unpaired) electrons. The third kappa shape index (κ3) is 3.42. The number of carbonyl (C=O) groups is 2. The van der Waals surface area contributed by atoms with Crippen molar-refractivity contribution in [3.8, 4) is 0 Å². The Balaban J connectivity index is 1.78. The molecule has 1 aliphatic heterocycles. The topological polar surface area (TPSA) is 46.2 Å². The lowest BCUT2D eigenvalue weighted by molar-refractivity contribution is 0.101. The van der Waals surface area contributed by atoms with Crippen molar-refractivity contribution in [2.75, 3.05) is 0 Å². The van der Waals surface area contributed by atoms with E-state index in [1.165, 1.54) is 0 Å². The average Bonchev–Trinajstić information content (AvgIpc) is 2.79. The highest BCUT2D eigenvalue weighted by atomic mass is 16.1. The lowest BCUT2D eigenvalue weighted by Crippen LogP contribution is -2.25. The van der Waals surface area contributed by atoms with E-state index in [0.717, 1.165) is 5.56 Å². The summed E-state index contributed by atoms with van der Waals surface area (Å²) < 4.78 is 0. The third-order valence-corrected chi connectivity index (χ3v) is 4.83. The minimum absolute atomic E-state index is 0.0894. The maximum atomic E-state index is 13.2. The molecular formula is C25H19NO2. The number of carbonyl (C=O) groups excluding carboxylic acids is 2. The summed E-state index contributed by atoms with van der Waals surface area (Å²) in [7, 11) is 0. The SMILES string of the molecule is O=C(C1=CNC=C(C(=O)c2ccccc2)C1c1ccccc1)c1ccccc1. The van der Waals surface area contributed by atoms with Crippen LogP contribution in [0.25, 0.3) is 0 Å². The molecule has 0 aromatic heterocycles. The first kappa shape index (κ1) is 17.7. The van der Waals surface area contributed by atoms with Crippen LogP contribution >= 0.6 is 0 Å². The molecule has 3 aromatic rings. The van der Waals surface area contributed by atoms with Crippen molar-refractivity contribution in [1.29, 1.82) is 0 Å². The van der Waals surface area contributed by atoms with Crippen LogP contribution in [-0.4, -0.2) is 11.6 Å². The highest BCUT2D eigenvalue weighted by molar-refractivity contribution is 6.15. The number of ketones is 2. The van der Waals surface area contributed by atoms with E-state index in [9.17, 15) is 9.59 Å². The van der Waals surface area contributed by atoms with Gasteiger partial charge in [-0.3, -0.25) is 9.59 Å². The van der Waals surface area contributed by atoms with Gasteiger partial charge >= 0.3 is 0 Å². The maximum Gasteiger partial charge on any atom is 0.191 e. The summed E-state index contributed by atoms with van der Waals surface area (Å²) in [5, 5.41) is 3.02. The predicted octanol–water partition coefficient (Wildman–Crippen LogP) is 4.91. The second-order valence-corrected chi connectivity index (χ2v) is 6.60. The Hall–Kier alpha value is -3.72. The van der Waals surface area contributed by atoms with Crippen molar-refractivity contribution in [2.24, 2.45) is 0 Å². The van der Waals surface area contributed by atoms with Crippen LogP contribution in [0.1, 0.15) is 32.2 Å². The second kappa shape index (κ2) is 7.89. The van der Waals surface area contributed by atoms with E-state index in [1.807, 2.05) is 66.7 Å². The maximum absolute atomic E-state index is 13.2. The Morgan fingerprint density at radius 1 is 0.571 bits per heavy atom. The van der Waals surface area contributed by atoms with Crippen molar-refractivity contribution in [3.63, 3.8) is 0 Å². The molecule has 0 atom stereocenters. The predicted molar refractivity (Wildman–Crippen MR) is 110 cm³/mol. The summed E-state index contributed by atoms with van der Waals surface area (Å²) in [6.07, 6.45) is 3.41. The summed E-state index contributed by atoms with van der Waals surface area (Å²) in [4.78, 5) is 26.5. The van der Waals surface area contributed by atoms with Crippen molar-refractivity contribution >= 4 is 11.6 Å². The molecule has 0 saturated heterocycles. The van der Waals surface area contributed by atoms with Crippen LogP contribution in [0.4, 0.5) is 0 Å². The summed E-state index contributed by atoms with van der Waals surface area (Å²) in [5.74, 6) is -0.607. The molecule has 28 heavy (non-hydrogen) atoms. The quantitative estimate of drug-likeness (QED) is 0.654. The standard InChI is InChI=1S/C25H19NO2/c27-24(19-12-6-2-7-13-19)21-16-26-17-22(23(21)18-10-4-1-5-11-18)25(28)20-14-8-3-9-15-20/h1-17,23,26H. The largest absolute Gasteiger partial charge is 0.367 e. The molecule has 0 bridgehead atoms.